The largest absolute Gasteiger partial charge is 0.480 e. The van der Waals surface area contributed by atoms with E-state index in [-0.39, 0.29) is 24.6 Å². The molecule has 2 atom stereocenters. The summed E-state index contributed by atoms with van der Waals surface area (Å²) in [5, 5.41) is 23.6. The van der Waals surface area contributed by atoms with Gasteiger partial charge < -0.3 is 15.9 Å². The van der Waals surface area contributed by atoms with Crippen LogP contribution in [0.25, 0.3) is 0 Å². The van der Waals surface area contributed by atoms with Crippen LogP contribution in [0.4, 0.5) is 5.69 Å². The van der Waals surface area contributed by atoms with Crippen molar-refractivity contribution in [2.24, 2.45) is 10.8 Å². The predicted molar refractivity (Wildman–Crippen MR) is 80.3 cm³/mol. The van der Waals surface area contributed by atoms with Gasteiger partial charge in [-0.3, -0.25) is 9.80 Å². The van der Waals surface area contributed by atoms with Crippen molar-refractivity contribution in [3.8, 4) is 0 Å². The number of anilines is 1. The van der Waals surface area contributed by atoms with Crippen LogP contribution in [0.5, 0.6) is 0 Å². The van der Waals surface area contributed by atoms with Gasteiger partial charge in [0.2, 0.25) is 0 Å². The summed E-state index contributed by atoms with van der Waals surface area (Å²) in [7, 11) is 0. The second-order valence-corrected chi connectivity index (χ2v) is 5.63. The van der Waals surface area contributed by atoms with E-state index in [9.17, 15) is 9.59 Å². The van der Waals surface area contributed by atoms with Gasteiger partial charge in [-0.1, -0.05) is 15.9 Å². The van der Waals surface area contributed by atoms with Crippen LogP contribution in [0.1, 0.15) is 12.8 Å². The Hall–Kier alpha value is -1.93. The molecule has 1 aliphatic heterocycles. The number of aliphatic carboxylic acids is 2. The van der Waals surface area contributed by atoms with E-state index >= 15 is 0 Å². The minimum Gasteiger partial charge on any atom is -0.480 e. The first-order valence-electron chi connectivity index (χ1n) is 6.22. The maximum absolute atomic E-state index is 11.1. The summed E-state index contributed by atoms with van der Waals surface area (Å²) in [5.74, 6) is -2.22. The van der Waals surface area contributed by atoms with Gasteiger partial charge in [-0.15, -0.1) is 0 Å². The van der Waals surface area contributed by atoms with Crippen molar-refractivity contribution in [3.63, 3.8) is 0 Å². The third-order valence-electron chi connectivity index (χ3n) is 3.18. The zero-order valence-electron chi connectivity index (χ0n) is 10.9. The number of carboxylic acid groups (broad SMARTS) is 2. The number of benzene rings is 1. The molecule has 0 radical (unpaired) electrons. The third-order valence-corrected chi connectivity index (χ3v) is 3.71. The zero-order chi connectivity index (χ0) is 15.6. The molecule has 1 aromatic rings. The van der Waals surface area contributed by atoms with E-state index in [0.717, 1.165) is 4.47 Å². The third kappa shape index (κ3) is 3.59. The summed E-state index contributed by atoms with van der Waals surface area (Å²) in [5.41, 5.74) is 6.24. The molecular formula is C13H14BrN3O4. The van der Waals surface area contributed by atoms with Gasteiger partial charge in [0.05, 0.1) is 11.7 Å². The molecule has 0 fully saturated rings. The summed E-state index contributed by atoms with van der Waals surface area (Å²) < 4.78 is 0.881. The normalized spacial score (nSPS) is 19.2. The number of carboxylic acids is 2. The van der Waals surface area contributed by atoms with Crippen molar-refractivity contribution in [1.82, 2.24) is 0 Å². The Kier molecular flexibility index (Phi) is 4.59. The maximum atomic E-state index is 11.1. The molecule has 112 valence electrons. The van der Waals surface area contributed by atoms with Crippen molar-refractivity contribution >= 4 is 39.3 Å². The maximum Gasteiger partial charge on any atom is 0.352 e. The van der Waals surface area contributed by atoms with Gasteiger partial charge in [-0.2, -0.15) is 5.10 Å². The molecule has 2 unspecified atom stereocenters. The molecule has 2 rings (SSSR count). The Bertz CT molecular complexity index is 588. The standard InChI is InChI=1S/C13H14BrN3O4/c14-7-1-3-8(4-2-7)17-9(5-10(15)12(18)19)6-11(16-17)13(20)21/h1-4,9-10H,5-6,15H2,(H,18,19)(H,20,21). The molecule has 8 heteroatoms. The smallest absolute Gasteiger partial charge is 0.352 e. The number of hydrazone groups is 1. The minimum absolute atomic E-state index is 0.000470. The van der Waals surface area contributed by atoms with Gasteiger partial charge >= 0.3 is 11.9 Å². The predicted octanol–water partition coefficient (Wildman–Crippen LogP) is 1.27. The average molecular weight is 356 g/mol. The highest BCUT2D eigenvalue weighted by Crippen LogP contribution is 2.28. The molecule has 0 aromatic heterocycles. The van der Waals surface area contributed by atoms with E-state index in [0.29, 0.717) is 5.69 Å². The molecule has 4 N–H and O–H groups in total. The van der Waals surface area contributed by atoms with Crippen LogP contribution < -0.4 is 10.7 Å². The van der Waals surface area contributed by atoms with Gasteiger partial charge in [0, 0.05) is 10.9 Å². The number of carbonyl (C=O) groups is 2. The average Bonchev–Trinajstić information content (AvgIpc) is 2.83. The number of rotatable bonds is 5. The lowest BCUT2D eigenvalue weighted by molar-refractivity contribution is -0.138. The highest BCUT2D eigenvalue weighted by atomic mass is 79.9. The molecule has 1 heterocycles. The Balaban J connectivity index is 2.25. The van der Waals surface area contributed by atoms with Gasteiger partial charge in [-0.25, -0.2) is 4.79 Å². The summed E-state index contributed by atoms with van der Waals surface area (Å²) in [4.78, 5) is 22.0. The van der Waals surface area contributed by atoms with Crippen molar-refractivity contribution < 1.29 is 19.8 Å². The minimum atomic E-state index is -1.12. The van der Waals surface area contributed by atoms with Crippen molar-refractivity contribution in [1.29, 1.82) is 0 Å². The van der Waals surface area contributed by atoms with Crippen LogP contribution in [0.2, 0.25) is 0 Å². The van der Waals surface area contributed by atoms with Gasteiger partial charge in [0.25, 0.3) is 0 Å². The van der Waals surface area contributed by atoms with Crippen LogP contribution in [0.15, 0.2) is 33.8 Å². The Labute approximate surface area is 129 Å². The first-order valence-corrected chi connectivity index (χ1v) is 7.01. The summed E-state index contributed by atoms with van der Waals surface area (Å²) >= 11 is 3.32. The molecule has 7 nitrogen and oxygen atoms in total. The topological polar surface area (TPSA) is 116 Å². The van der Waals surface area contributed by atoms with Crippen LogP contribution in [-0.2, 0) is 9.59 Å². The van der Waals surface area contributed by atoms with Crippen molar-refractivity contribution in [3.05, 3.63) is 28.7 Å². The second kappa shape index (κ2) is 6.23. The SMILES string of the molecule is NC(CC1CC(C(=O)O)=NN1c1ccc(Br)cc1)C(=O)O. The lowest BCUT2D eigenvalue weighted by Crippen LogP contribution is -2.38. The van der Waals surface area contributed by atoms with Crippen LogP contribution in [0.3, 0.4) is 0 Å². The van der Waals surface area contributed by atoms with E-state index in [1.807, 2.05) is 0 Å². The molecule has 0 saturated heterocycles. The molecule has 0 aliphatic carbocycles. The van der Waals surface area contributed by atoms with Gasteiger partial charge in [-0.05, 0) is 30.7 Å². The summed E-state index contributed by atoms with van der Waals surface area (Å²) in [6.07, 6.45) is 0.276. The first-order chi connectivity index (χ1) is 9.88. The Morgan fingerprint density at radius 1 is 1.38 bits per heavy atom. The molecule has 0 spiro atoms. The van der Waals surface area contributed by atoms with E-state index in [1.165, 1.54) is 5.01 Å². The van der Waals surface area contributed by atoms with Crippen LogP contribution in [-0.4, -0.2) is 39.9 Å². The van der Waals surface area contributed by atoms with E-state index in [1.54, 1.807) is 24.3 Å². The number of nitrogens with two attached hydrogens (primary N) is 1. The van der Waals surface area contributed by atoms with Crippen LogP contribution in [0, 0.1) is 0 Å². The fourth-order valence-corrected chi connectivity index (χ4v) is 2.40. The number of hydrogen-bond donors (Lipinski definition) is 3. The second-order valence-electron chi connectivity index (χ2n) is 4.71. The molecule has 1 aliphatic rings. The van der Waals surface area contributed by atoms with Gasteiger partial charge in [0.1, 0.15) is 11.8 Å². The van der Waals surface area contributed by atoms with Crippen LogP contribution >= 0.6 is 15.9 Å². The van der Waals surface area contributed by atoms with Crippen molar-refractivity contribution in [2.75, 3.05) is 5.01 Å². The number of halogens is 1. The molecule has 21 heavy (non-hydrogen) atoms. The summed E-state index contributed by atoms with van der Waals surface area (Å²) in [6, 6.07) is 5.71. The van der Waals surface area contributed by atoms with E-state index in [4.69, 9.17) is 15.9 Å². The van der Waals surface area contributed by atoms with Crippen molar-refractivity contribution in [2.45, 2.75) is 24.9 Å². The zero-order valence-corrected chi connectivity index (χ0v) is 12.5. The first kappa shape index (κ1) is 15.5. The molecule has 1 aromatic carbocycles. The lowest BCUT2D eigenvalue weighted by Gasteiger charge is -2.24. The summed E-state index contributed by atoms with van der Waals surface area (Å²) in [6.45, 7) is 0. The molecule has 0 saturated carbocycles. The van der Waals surface area contributed by atoms with E-state index in [2.05, 4.69) is 21.0 Å². The van der Waals surface area contributed by atoms with Gasteiger partial charge in [0.15, 0.2) is 0 Å². The monoisotopic (exact) mass is 355 g/mol. The van der Waals surface area contributed by atoms with E-state index < -0.39 is 18.0 Å². The number of nitrogens with zero attached hydrogens (tertiary/aromatic N) is 2. The highest BCUT2D eigenvalue weighted by molar-refractivity contribution is 9.10. The Morgan fingerprint density at radius 2 is 2.00 bits per heavy atom. The Morgan fingerprint density at radius 3 is 2.52 bits per heavy atom. The molecule has 0 bridgehead atoms. The number of hydrogen-bond acceptors (Lipinski definition) is 5. The molecular weight excluding hydrogens is 342 g/mol. The molecule has 0 amide bonds. The lowest BCUT2D eigenvalue weighted by atomic mass is 10.0. The fourth-order valence-electron chi connectivity index (χ4n) is 2.13. The highest BCUT2D eigenvalue weighted by Gasteiger charge is 2.33. The quantitative estimate of drug-likeness (QED) is 0.732. The fraction of sp³-hybridized carbons (Fsp3) is 0.308.